The summed E-state index contributed by atoms with van der Waals surface area (Å²) in [6.07, 6.45) is 0. The minimum atomic E-state index is 0.602. The number of aromatic nitrogens is 1. The second-order valence-electron chi connectivity index (χ2n) is 5.12. The summed E-state index contributed by atoms with van der Waals surface area (Å²) < 4.78 is 0. The highest BCUT2D eigenvalue weighted by atomic mass is 15.2. The molecule has 108 valence electrons. The lowest BCUT2D eigenvalue weighted by Gasteiger charge is -2.23. The molecule has 0 fully saturated rings. The second kappa shape index (κ2) is 5.13. The van der Waals surface area contributed by atoms with E-state index in [-0.39, 0.29) is 0 Å². The summed E-state index contributed by atoms with van der Waals surface area (Å²) in [5.74, 6) is 1.01. The number of anilines is 3. The van der Waals surface area contributed by atoms with Gasteiger partial charge in [-0.1, -0.05) is 24.3 Å². The van der Waals surface area contributed by atoms with Gasteiger partial charge in [0, 0.05) is 23.9 Å². The Bertz CT molecular complexity index is 807. The standard InChI is InChI=1S/C17H20N4/c1-3-21(4-2)17-12-8-6-5-7-11(12)15-14(20-17)10-9-13(18)16(15)19/h5-10H,3-4,18-19H2,1-2H3. The Hall–Kier alpha value is -2.49. The molecule has 4 heteroatoms. The van der Waals surface area contributed by atoms with Gasteiger partial charge in [-0.3, -0.25) is 0 Å². The van der Waals surface area contributed by atoms with Crippen LogP contribution < -0.4 is 16.4 Å². The smallest absolute Gasteiger partial charge is 0.137 e. The predicted molar refractivity (Wildman–Crippen MR) is 91.6 cm³/mol. The van der Waals surface area contributed by atoms with Crippen LogP contribution in [-0.2, 0) is 0 Å². The summed E-state index contributed by atoms with van der Waals surface area (Å²) in [6, 6.07) is 12.0. The Balaban J connectivity index is 2.48. The Kier molecular flexibility index (Phi) is 3.29. The number of fused-ring (bicyclic) bond motifs is 3. The number of nitrogens with two attached hydrogens (primary N) is 2. The first kappa shape index (κ1) is 13.5. The number of rotatable bonds is 3. The number of pyridine rings is 1. The molecule has 0 radical (unpaired) electrons. The zero-order chi connectivity index (χ0) is 15.0. The number of nitrogens with zero attached hydrogens (tertiary/aromatic N) is 2. The Morgan fingerprint density at radius 2 is 1.62 bits per heavy atom. The SMILES string of the molecule is CCN(CC)c1nc2ccc(N)c(N)c2c2ccccc12. The minimum Gasteiger partial charge on any atom is -0.397 e. The molecule has 0 aliphatic heterocycles. The van der Waals surface area contributed by atoms with Gasteiger partial charge in [0.1, 0.15) is 5.82 Å². The maximum Gasteiger partial charge on any atom is 0.137 e. The molecule has 0 aliphatic rings. The van der Waals surface area contributed by atoms with E-state index < -0.39 is 0 Å². The Morgan fingerprint density at radius 3 is 2.29 bits per heavy atom. The average molecular weight is 280 g/mol. The van der Waals surface area contributed by atoms with E-state index in [4.69, 9.17) is 16.5 Å². The van der Waals surface area contributed by atoms with Crippen molar-refractivity contribution in [3.63, 3.8) is 0 Å². The van der Waals surface area contributed by atoms with Gasteiger partial charge in [-0.25, -0.2) is 4.98 Å². The van der Waals surface area contributed by atoms with Crippen molar-refractivity contribution >= 4 is 38.9 Å². The van der Waals surface area contributed by atoms with E-state index in [0.717, 1.165) is 40.6 Å². The summed E-state index contributed by atoms with van der Waals surface area (Å²) in [5.41, 5.74) is 14.3. The van der Waals surface area contributed by atoms with Gasteiger partial charge >= 0.3 is 0 Å². The lowest BCUT2D eigenvalue weighted by molar-refractivity contribution is 0.855. The van der Waals surface area contributed by atoms with Gasteiger partial charge in [0.15, 0.2) is 0 Å². The maximum atomic E-state index is 6.20. The van der Waals surface area contributed by atoms with Crippen molar-refractivity contribution in [2.24, 2.45) is 0 Å². The van der Waals surface area contributed by atoms with Gasteiger partial charge in [0.25, 0.3) is 0 Å². The van der Waals surface area contributed by atoms with Crippen LogP contribution in [0.25, 0.3) is 21.7 Å². The lowest BCUT2D eigenvalue weighted by atomic mass is 10.0. The normalized spacial score (nSPS) is 11.1. The zero-order valence-electron chi connectivity index (χ0n) is 12.4. The van der Waals surface area contributed by atoms with Gasteiger partial charge < -0.3 is 16.4 Å². The molecule has 3 rings (SSSR count). The van der Waals surface area contributed by atoms with E-state index >= 15 is 0 Å². The Labute approximate surface area is 124 Å². The molecular formula is C17H20N4. The first-order valence-electron chi connectivity index (χ1n) is 7.28. The van der Waals surface area contributed by atoms with Gasteiger partial charge in [-0.2, -0.15) is 0 Å². The average Bonchev–Trinajstić information content (AvgIpc) is 2.52. The second-order valence-corrected chi connectivity index (χ2v) is 5.12. The van der Waals surface area contributed by atoms with Crippen LogP contribution in [0.3, 0.4) is 0 Å². The largest absolute Gasteiger partial charge is 0.397 e. The van der Waals surface area contributed by atoms with Gasteiger partial charge in [-0.05, 0) is 31.4 Å². The van der Waals surface area contributed by atoms with E-state index in [0.29, 0.717) is 11.4 Å². The number of benzene rings is 2. The molecule has 0 unspecified atom stereocenters. The third-order valence-corrected chi connectivity index (χ3v) is 3.98. The Morgan fingerprint density at radius 1 is 0.952 bits per heavy atom. The van der Waals surface area contributed by atoms with Gasteiger partial charge in [0.05, 0.1) is 16.9 Å². The third kappa shape index (κ3) is 2.03. The molecule has 0 saturated heterocycles. The van der Waals surface area contributed by atoms with E-state index in [2.05, 4.69) is 30.9 Å². The molecule has 0 saturated carbocycles. The van der Waals surface area contributed by atoms with Crippen molar-refractivity contribution in [1.82, 2.24) is 4.98 Å². The topological polar surface area (TPSA) is 68.2 Å². The molecule has 4 nitrogen and oxygen atoms in total. The molecule has 1 heterocycles. The highest BCUT2D eigenvalue weighted by molar-refractivity contribution is 6.16. The van der Waals surface area contributed by atoms with E-state index in [9.17, 15) is 0 Å². The fourth-order valence-electron chi connectivity index (χ4n) is 2.83. The van der Waals surface area contributed by atoms with Crippen molar-refractivity contribution in [3.05, 3.63) is 36.4 Å². The summed E-state index contributed by atoms with van der Waals surface area (Å²) in [7, 11) is 0. The fraction of sp³-hybridized carbons (Fsp3) is 0.235. The summed E-state index contributed by atoms with van der Waals surface area (Å²) in [6.45, 7) is 6.12. The molecule has 3 aromatic rings. The predicted octanol–water partition coefficient (Wildman–Crippen LogP) is 3.40. The highest BCUT2D eigenvalue weighted by Crippen LogP contribution is 2.36. The molecule has 4 N–H and O–H groups in total. The molecule has 21 heavy (non-hydrogen) atoms. The number of hydrogen-bond donors (Lipinski definition) is 2. The summed E-state index contributed by atoms with van der Waals surface area (Å²) in [4.78, 5) is 7.10. The van der Waals surface area contributed by atoms with Gasteiger partial charge in [-0.15, -0.1) is 0 Å². The summed E-state index contributed by atoms with van der Waals surface area (Å²) >= 11 is 0. The fourth-order valence-corrected chi connectivity index (χ4v) is 2.83. The molecule has 0 spiro atoms. The quantitative estimate of drug-likeness (QED) is 0.570. The summed E-state index contributed by atoms with van der Waals surface area (Å²) in [5, 5.41) is 3.17. The van der Waals surface area contributed by atoms with E-state index in [1.807, 2.05) is 24.3 Å². The van der Waals surface area contributed by atoms with Crippen LogP contribution in [-0.4, -0.2) is 18.1 Å². The van der Waals surface area contributed by atoms with Crippen LogP contribution in [0.5, 0.6) is 0 Å². The molecule has 1 aromatic heterocycles. The van der Waals surface area contributed by atoms with Crippen molar-refractivity contribution in [3.8, 4) is 0 Å². The molecule has 0 amide bonds. The van der Waals surface area contributed by atoms with E-state index in [1.54, 1.807) is 0 Å². The van der Waals surface area contributed by atoms with Crippen LogP contribution in [0.1, 0.15) is 13.8 Å². The molecule has 0 bridgehead atoms. The molecular weight excluding hydrogens is 260 g/mol. The highest BCUT2D eigenvalue weighted by Gasteiger charge is 2.14. The van der Waals surface area contributed by atoms with Crippen LogP contribution in [0.2, 0.25) is 0 Å². The maximum absolute atomic E-state index is 6.20. The van der Waals surface area contributed by atoms with Crippen LogP contribution in [0, 0.1) is 0 Å². The monoisotopic (exact) mass is 280 g/mol. The molecule has 0 atom stereocenters. The number of nitrogen functional groups attached to an aromatic ring is 2. The first-order chi connectivity index (χ1) is 10.2. The zero-order valence-corrected chi connectivity index (χ0v) is 12.4. The van der Waals surface area contributed by atoms with Crippen molar-refractivity contribution in [2.45, 2.75) is 13.8 Å². The van der Waals surface area contributed by atoms with Crippen LogP contribution in [0.15, 0.2) is 36.4 Å². The van der Waals surface area contributed by atoms with Crippen molar-refractivity contribution in [2.75, 3.05) is 29.5 Å². The van der Waals surface area contributed by atoms with Crippen LogP contribution >= 0.6 is 0 Å². The van der Waals surface area contributed by atoms with Crippen molar-refractivity contribution in [1.29, 1.82) is 0 Å². The number of hydrogen-bond acceptors (Lipinski definition) is 4. The lowest BCUT2D eigenvalue weighted by Crippen LogP contribution is -2.23. The van der Waals surface area contributed by atoms with E-state index in [1.165, 1.54) is 0 Å². The first-order valence-corrected chi connectivity index (χ1v) is 7.28. The van der Waals surface area contributed by atoms with Gasteiger partial charge in [0.2, 0.25) is 0 Å². The minimum absolute atomic E-state index is 0.602. The molecule has 2 aromatic carbocycles. The molecule has 0 aliphatic carbocycles. The van der Waals surface area contributed by atoms with Crippen LogP contribution in [0.4, 0.5) is 17.2 Å². The third-order valence-electron chi connectivity index (χ3n) is 3.98. The van der Waals surface area contributed by atoms with Crippen molar-refractivity contribution < 1.29 is 0 Å².